The summed E-state index contributed by atoms with van der Waals surface area (Å²) in [7, 11) is 0. The third-order valence-corrected chi connectivity index (χ3v) is 4.78. The Hall–Kier alpha value is -2.52. The minimum atomic E-state index is -0.244. The molecule has 0 unspecified atom stereocenters. The fraction of sp³-hybridized carbons (Fsp3) is 0.393. The van der Waals surface area contributed by atoms with Gasteiger partial charge in [0, 0.05) is 23.2 Å². The molecule has 0 aliphatic carbocycles. The number of benzene rings is 1. The summed E-state index contributed by atoms with van der Waals surface area (Å²) >= 11 is 0. The minimum absolute atomic E-state index is 0.244. The monoisotopic (exact) mass is 423 g/mol. The molecule has 0 spiro atoms. The highest BCUT2D eigenvalue weighted by Gasteiger charge is 2.20. The van der Waals surface area contributed by atoms with Crippen LogP contribution in [0.2, 0.25) is 0 Å². The highest BCUT2D eigenvalue weighted by molar-refractivity contribution is 5.76. The summed E-state index contributed by atoms with van der Waals surface area (Å²) in [6.07, 6.45) is 11.5. The van der Waals surface area contributed by atoms with Gasteiger partial charge in [0.05, 0.1) is 18.9 Å². The van der Waals surface area contributed by atoms with E-state index >= 15 is 0 Å². The SMILES string of the molecule is C=CCc1nc(-c2ccc(F)cc2)c(/C=C/C)c(C(C)C)c1CCOC/C=C\C.CC. The number of rotatable bonds is 10. The van der Waals surface area contributed by atoms with Crippen molar-refractivity contribution in [1.29, 1.82) is 0 Å². The molecule has 2 aromatic rings. The van der Waals surface area contributed by atoms with Crippen LogP contribution in [0.4, 0.5) is 4.39 Å². The Bertz CT molecular complexity index is 864. The number of halogens is 1. The molecular weight excluding hydrogens is 385 g/mol. The zero-order valence-electron chi connectivity index (χ0n) is 20.0. The van der Waals surface area contributed by atoms with Crippen LogP contribution in [0.1, 0.15) is 69.8 Å². The summed E-state index contributed by atoms with van der Waals surface area (Å²) < 4.78 is 19.3. The van der Waals surface area contributed by atoms with Gasteiger partial charge >= 0.3 is 0 Å². The van der Waals surface area contributed by atoms with Crippen molar-refractivity contribution < 1.29 is 9.13 Å². The Labute approximate surface area is 188 Å². The molecule has 3 heteroatoms. The molecule has 0 radical (unpaired) electrons. The van der Waals surface area contributed by atoms with Gasteiger partial charge in [-0.3, -0.25) is 4.98 Å². The fourth-order valence-electron chi connectivity index (χ4n) is 3.54. The lowest BCUT2D eigenvalue weighted by atomic mass is 9.86. The predicted octanol–water partition coefficient (Wildman–Crippen LogP) is 7.93. The van der Waals surface area contributed by atoms with Crippen LogP contribution in [0.3, 0.4) is 0 Å². The molecule has 0 saturated carbocycles. The van der Waals surface area contributed by atoms with Crippen LogP contribution < -0.4 is 0 Å². The summed E-state index contributed by atoms with van der Waals surface area (Å²) in [5.41, 5.74) is 6.45. The number of hydrogen-bond donors (Lipinski definition) is 0. The number of nitrogens with zero attached hydrogens (tertiary/aromatic N) is 1. The van der Waals surface area contributed by atoms with Gasteiger partial charge in [-0.15, -0.1) is 6.58 Å². The van der Waals surface area contributed by atoms with Gasteiger partial charge in [0.25, 0.3) is 0 Å². The largest absolute Gasteiger partial charge is 0.377 e. The highest BCUT2D eigenvalue weighted by atomic mass is 19.1. The van der Waals surface area contributed by atoms with Gasteiger partial charge in [-0.1, -0.05) is 58.1 Å². The highest BCUT2D eigenvalue weighted by Crippen LogP contribution is 2.35. The first-order valence-corrected chi connectivity index (χ1v) is 11.3. The van der Waals surface area contributed by atoms with E-state index in [0.717, 1.165) is 28.9 Å². The first-order valence-electron chi connectivity index (χ1n) is 11.3. The molecule has 0 atom stereocenters. The van der Waals surface area contributed by atoms with E-state index in [1.807, 2.05) is 52.0 Å². The molecule has 2 nitrogen and oxygen atoms in total. The Morgan fingerprint density at radius 3 is 2.32 bits per heavy atom. The van der Waals surface area contributed by atoms with Crippen molar-refractivity contribution in [3.63, 3.8) is 0 Å². The van der Waals surface area contributed by atoms with E-state index in [2.05, 4.69) is 26.5 Å². The standard InChI is InChI=1S/C26H32FNO.C2H6/c1-6-9-17-29-18-16-22-24(11-8-3)28-26(20-12-14-21(27)15-13-20)23(10-7-2)25(22)19(4)5;1-2/h6-10,12-15,19H,3,11,16-18H2,1-2,4-5H3;1-2H3/b9-6-,10-7+;. The van der Waals surface area contributed by atoms with Crippen LogP contribution in [0.25, 0.3) is 17.3 Å². The van der Waals surface area contributed by atoms with Crippen molar-refractivity contribution in [3.8, 4) is 11.3 Å². The Morgan fingerprint density at radius 2 is 1.77 bits per heavy atom. The second-order valence-electron chi connectivity index (χ2n) is 7.26. The maximum Gasteiger partial charge on any atom is 0.123 e. The third kappa shape index (κ3) is 7.59. The lowest BCUT2D eigenvalue weighted by molar-refractivity contribution is 0.165. The second kappa shape index (κ2) is 14.5. The van der Waals surface area contributed by atoms with Gasteiger partial charge < -0.3 is 4.74 Å². The molecule has 1 aromatic heterocycles. The maximum atomic E-state index is 13.5. The fourth-order valence-corrected chi connectivity index (χ4v) is 3.54. The Morgan fingerprint density at radius 1 is 1.10 bits per heavy atom. The number of allylic oxidation sites excluding steroid dienone is 3. The van der Waals surface area contributed by atoms with E-state index in [0.29, 0.717) is 25.6 Å². The van der Waals surface area contributed by atoms with E-state index in [-0.39, 0.29) is 5.82 Å². The normalized spacial score (nSPS) is 11.2. The molecule has 0 N–H and O–H groups in total. The van der Waals surface area contributed by atoms with Gasteiger partial charge in [-0.05, 0) is 61.6 Å². The average Bonchev–Trinajstić information content (AvgIpc) is 2.77. The number of aromatic nitrogens is 1. The Kier molecular flexibility index (Phi) is 12.4. The minimum Gasteiger partial charge on any atom is -0.377 e. The molecule has 0 bridgehead atoms. The van der Waals surface area contributed by atoms with E-state index in [4.69, 9.17) is 9.72 Å². The molecule has 0 aliphatic rings. The number of ether oxygens (including phenoxy) is 1. The summed E-state index contributed by atoms with van der Waals surface area (Å²) in [5, 5.41) is 0. The summed E-state index contributed by atoms with van der Waals surface area (Å²) in [4.78, 5) is 5.02. The lowest BCUT2D eigenvalue weighted by Crippen LogP contribution is -2.12. The molecule has 2 rings (SSSR count). The maximum absolute atomic E-state index is 13.5. The van der Waals surface area contributed by atoms with Crippen molar-refractivity contribution >= 4 is 6.08 Å². The molecule has 168 valence electrons. The number of hydrogen-bond acceptors (Lipinski definition) is 2. The average molecular weight is 424 g/mol. The van der Waals surface area contributed by atoms with Crippen LogP contribution in [0.15, 0.2) is 55.1 Å². The molecule has 31 heavy (non-hydrogen) atoms. The Balaban J connectivity index is 0.00000233. The van der Waals surface area contributed by atoms with Crippen molar-refractivity contribution in [2.75, 3.05) is 13.2 Å². The molecule has 0 amide bonds. The van der Waals surface area contributed by atoms with Gasteiger partial charge in [0.15, 0.2) is 0 Å². The van der Waals surface area contributed by atoms with Crippen molar-refractivity contribution in [3.05, 3.63) is 83.3 Å². The van der Waals surface area contributed by atoms with E-state index in [9.17, 15) is 4.39 Å². The van der Waals surface area contributed by atoms with Crippen LogP contribution in [0.5, 0.6) is 0 Å². The quantitative estimate of drug-likeness (QED) is 0.286. The van der Waals surface area contributed by atoms with Crippen molar-refractivity contribution in [2.45, 2.75) is 60.3 Å². The van der Waals surface area contributed by atoms with Gasteiger partial charge in [-0.2, -0.15) is 0 Å². The van der Waals surface area contributed by atoms with Gasteiger partial charge in [-0.25, -0.2) is 4.39 Å². The second-order valence-corrected chi connectivity index (χ2v) is 7.26. The van der Waals surface area contributed by atoms with Gasteiger partial charge in [0.1, 0.15) is 5.82 Å². The molecule has 0 saturated heterocycles. The zero-order valence-corrected chi connectivity index (χ0v) is 20.0. The zero-order chi connectivity index (χ0) is 23.2. The third-order valence-electron chi connectivity index (χ3n) is 4.78. The predicted molar refractivity (Wildman–Crippen MR) is 133 cm³/mol. The van der Waals surface area contributed by atoms with Crippen molar-refractivity contribution in [1.82, 2.24) is 4.98 Å². The van der Waals surface area contributed by atoms with Crippen molar-refractivity contribution in [2.24, 2.45) is 0 Å². The molecule has 0 aliphatic heterocycles. The summed E-state index contributed by atoms with van der Waals surface area (Å²) in [6, 6.07) is 6.57. The van der Waals surface area contributed by atoms with Crippen LogP contribution >= 0.6 is 0 Å². The van der Waals surface area contributed by atoms with E-state index in [1.165, 1.54) is 23.3 Å². The van der Waals surface area contributed by atoms with Gasteiger partial charge in [0.2, 0.25) is 0 Å². The van der Waals surface area contributed by atoms with E-state index < -0.39 is 0 Å². The molecule has 0 fully saturated rings. The van der Waals surface area contributed by atoms with Crippen LogP contribution in [-0.2, 0) is 17.6 Å². The first kappa shape index (κ1) is 26.5. The number of pyridine rings is 1. The molecule has 1 aromatic carbocycles. The van der Waals surface area contributed by atoms with Crippen LogP contribution in [-0.4, -0.2) is 18.2 Å². The first-order chi connectivity index (χ1) is 15.0. The topological polar surface area (TPSA) is 22.1 Å². The smallest absolute Gasteiger partial charge is 0.123 e. The molecule has 1 heterocycles. The summed E-state index contributed by atoms with van der Waals surface area (Å²) in [5.74, 6) is 0.0733. The van der Waals surface area contributed by atoms with E-state index in [1.54, 1.807) is 12.1 Å². The summed E-state index contributed by atoms with van der Waals surface area (Å²) in [6.45, 7) is 17.6. The van der Waals surface area contributed by atoms with Crippen LogP contribution in [0, 0.1) is 5.82 Å². The lowest BCUT2D eigenvalue weighted by Gasteiger charge is -2.22. The molecular formula is C28H38FNO.